The highest BCUT2D eigenvalue weighted by molar-refractivity contribution is 5.75. The van der Waals surface area contributed by atoms with Crippen molar-refractivity contribution in [1.29, 1.82) is 0 Å². The molecule has 0 fully saturated rings. The van der Waals surface area contributed by atoms with Crippen LogP contribution in [-0.4, -0.2) is 33.4 Å². The maximum atomic E-state index is 12.3. The first-order valence-electron chi connectivity index (χ1n) is 5.88. The molecule has 1 rings (SSSR count). The minimum absolute atomic E-state index is 0.279. The summed E-state index contributed by atoms with van der Waals surface area (Å²) in [6.45, 7) is 1.81. The normalized spacial score (nSPS) is 13.3. The van der Waals surface area contributed by atoms with Gasteiger partial charge in [0, 0.05) is 12.7 Å². The van der Waals surface area contributed by atoms with Crippen LogP contribution in [-0.2, 0) is 17.5 Å². The molecule has 1 aromatic rings. The molecule has 0 aliphatic rings. The highest BCUT2D eigenvalue weighted by Crippen LogP contribution is 2.27. The van der Waals surface area contributed by atoms with Gasteiger partial charge < -0.3 is 10.4 Å². The zero-order valence-electron chi connectivity index (χ0n) is 10.4. The molecular weight excluding hydrogens is 263 g/mol. The molecule has 8 heteroatoms. The number of alkyl halides is 3. The average molecular weight is 279 g/mol. The fourth-order valence-electron chi connectivity index (χ4n) is 1.39. The fraction of sp³-hybridized carbons (Fsp3) is 0.636. The van der Waals surface area contributed by atoms with E-state index in [1.54, 1.807) is 0 Å². The van der Waals surface area contributed by atoms with E-state index in [9.17, 15) is 23.1 Å². The minimum Gasteiger partial charge on any atom is -0.393 e. The topological polar surface area (TPSA) is 67.2 Å². The number of carbonyl (C=O) groups excluding carboxylic acids is 1. The molecule has 0 saturated carbocycles. The molecule has 1 heterocycles. The number of aromatic nitrogens is 2. The van der Waals surface area contributed by atoms with E-state index >= 15 is 0 Å². The lowest BCUT2D eigenvalue weighted by atomic mass is 10.2. The summed E-state index contributed by atoms with van der Waals surface area (Å²) < 4.78 is 37.7. The first-order chi connectivity index (χ1) is 8.82. The Kier molecular flexibility index (Phi) is 5.34. The summed E-state index contributed by atoms with van der Waals surface area (Å²) in [6.07, 6.45) is -2.89. The molecule has 0 aromatic carbocycles. The van der Waals surface area contributed by atoms with E-state index < -0.39 is 23.9 Å². The number of carbonyl (C=O) groups is 1. The van der Waals surface area contributed by atoms with E-state index in [0.29, 0.717) is 12.8 Å². The number of nitrogens with zero attached hydrogens (tertiary/aromatic N) is 2. The number of aliphatic hydroxyl groups is 1. The van der Waals surface area contributed by atoms with Gasteiger partial charge in [0.25, 0.3) is 0 Å². The van der Waals surface area contributed by atoms with E-state index in [2.05, 4.69) is 10.4 Å². The Morgan fingerprint density at radius 2 is 2.26 bits per heavy atom. The smallest absolute Gasteiger partial charge is 0.393 e. The van der Waals surface area contributed by atoms with Gasteiger partial charge in [-0.1, -0.05) is 6.92 Å². The van der Waals surface area contributed by atoms with Crippen LogP contribution in [0.25, 0.3) is 0 Å². The first-order valence-corrected chi connectivity index (χ1v) is 5.88. The Morgan fingerprint density at radius 1 is 1.58 bits per heavy atom. The van der Waals surface area contributed by atoms with Crippen molar-refractivity contribution in [3.05, 3.63) is 18.0 Å². The van der Waals surface area contributed by atoms with Crippen molar-refractivity contribution in [2.24, 2.45) is 0 Å². The quantitative estimate of drug-likeness (QED) is 0.821. The molecule has 1 unspecified atom stereocenters. The van der Waals surface area contributed by atoms with E-state index in [0.717, 1.165) is 16.9 Å². The zero-order chi connectivity index (χ0) is 14.5. The maximum absolute atomic E-state index is 12.3. The van der Waals surface area contributed by atoms with Crippen LogP contribution >= 0.6 is 0 Å². The molecule has 0 spiro atoms. The fourth-order valence-corrected chi connectivity index (χ4v) is 1.39. The molecule has 108 valence electrons. The van der Waals surface area contributed by atoms with Crippen molar-refractivity contribution in [3.63, 3.8) is 0 Å². The standard InChI is InChI=1S/C11H16F3N3O2/c1-2-8(18)3-5-15-10(19)7-17-6-4-9(16-17)11(12,13)14/h4,6,8,18H,2-3,5,7H2,1H3,(H,15,19). The van der Waals surface area contributed by atoms with Crippen LogP contribution < -0.4 is 5.32 Å². The maximum Gasteiger partial charge on any atom is 0.435 e. The van der Waals surface area contributed by atoms with Crippen molar-refractivity contribution in [2.45, 2.75) is 38.6 Å². The summed E-state index contributed by atoms with van der Waals surface area (Å²) in [4.78, 5) is 11.4. The van der Waals surface area contributed by atoms with E-state index in [1.807, 2.05) is 6.92 Å². The minimum atomic E-state index is -4.51. The number of rotatable bonds is 6. The summed E-state index contributed by atoms with van der Waals surface area (Å²) in [5.41, 5.74) is -1.03. The van der Waals surface area contributed by atoms with Gasteiger partial charge in [0.15, 0.2) is 5.69 Å². The molecule has 1 atom stereocenters. The zero-order valence-corrected chi connectivity index (χ0v) is 10.4. The third-order valence-electron chi connectivity index (χ3n) is 2.51. The van der Waals surface area contributed by atoms with Crippen LogP contribution in [0.1, 0.15) is 25.5 Å². The summed E-state index contributed by atoms with van der Waals surface area (Å²) in [7, 11) is 0. The Bertz CT molecular complexity index is 418. The van der Waals surface area contributed by atoms with E-state index in [1.165, 1.54) is 0 Å². The van der Waals surface area contributed by atoms with Gasteiger partial charge in [0.2, 0.25) is 5.91 Å². The van der Waals surface area contributed by atoms with Crippen LogP contribution in [0.5, 0.6) is 0 Å². The van der Waals surface area contributed by atoms with Crippen molar-refractivity contribution in [3.8, 4) is 0 Å². The molecule has 0 saturated heterocycles. The van der Waals surface area contributed by atoms with Crippen molar-refractivity contribution in [1.82, 2.24) is 15.1 Å². The van der Waals surface area contributed by atoms with Gasteiger partial charge in [-0.15, -0.1) is 0 Å². The number of amides is 1. The lowest BCUT2D eigenvalue weighted by Gasteiger charge is -2.08. The third-order valence-corrected chi connectivity index (χ3v) is 2.51. The molecule has 0 aliphatic carbocycles. The van der Waals surface area contributed by atoms with Gasteiger partial charge in [-0.2, -0.15) is 18.3 Å². The predicted molar refractivity (Wildman–Crippen MR) is 61.2 cm³/mol. The number of halogens is 3. The van der Waals surface area contributed by atoms with Gasteiger partial charge in [-0.3, -0.25) is 9.48 Å². The summed E-state index contributed by atoms with van der Waals surface area (Å²) in [5.74, 6) is -0.444. The average Bonchev–Trinajstić information content (AvgIpc) is 2.77. The number of aliphatic hydroxyl groups excluding tert-OH is 1. The second-order valence-electron chi connectivity index (χ2n) is 4.10. The van der Waals surface area contributed by atoms with E-state index in [-0.39, 0.29) is 13.1 Å². The van der Waals surface area contributed by atoms with Crippen molar-refractivity contribution >= 4 is 5.91 Å². The summed E-state index contributed by atoms with van der Waals surface area (Å²) in [6, 6.07) is 0.814. The molecule has 19 heavy (non-hydrogen) atoms. The molecule has 1 amide bonds. The SMILES string of the molecule is CCC(O)CCNC(=O)Cn1ccc(C(F)(F)F)n1. The largest absolute Gasteiger partial charge is 0.435 e. The van der Waals surface area contributed by atoms with Crippen LogP contribution in [0, 0.1) is 0 Å². The first kappa shape index (κ1) is 15.5. The molecule has 5 nitrogen and oxygen atoms in total. The Morgan fingerprint density at radius 3 is 2.79 bits per heavy atom. The lowest BCUT2D eigenvalue weighted by molar-refractivity contribution is -0.141. The Hall–Kier alpha value is -1.57. The third kappa shape index (κ3) is 5.29. The van der Waals surface area contributed by atoms with Crippen molar-refractivity contribution in [2.75, 3.05) is 6.54 Å². The molecule has 2 N–H and O–H groups in total. The number of hydrogen-bond acceptors (Lipinski definition) is 3. The second kappa shape index (κ2) is 6.55. The predicted octanol–water partition coefficient (Wildman–Crippen LogP) is 1.18. The van der Waals surface area contributed by atoms with Crippen LogP contribution in [0.3, 0.4) is 0 Å². The van der Waals surface area contributed by atoms with Gasteiger partial charge in [-0.05, 0) is 18.9 Å². The van der Waals surface area contributed by atoms with Gasteiger partial charge in [0.1, 0.15) is 6.54 Å². The summed E-state index contributed by atoms with van der Waals surface area (Å²) in [5, 5.41) is 15.0. The van der Waals surface area contributed by atoms with Gasteiger partial charge in [0.05, 0.1) is 6.10 Å². The van der Waals surface area contributed by atoms with Crippen molar-refractivity contribution < 1.29 is 23.1 Å². The number of hydrogen-bond donors (Lipinski definition) is 2. The molecular formula is C11H16F3N3O2. The Balaban J connectivity index is 2.38. The van der Waals surface area contributed by atoms with Gasteiger partial charge >= 0.3 is 6.18 Å². The lowest BCUT2D eigenvalue weighted by Crippen LogP contribution is -2.30. The summed E-state index contributed by atoms with van der Waals surface area (Å²) >= 11 is 0. The molecule has 0 bridgehead atoms. The monoisotopic (exact) mass is 279 g/mol. The van der Waals surface area contributed by atoms with Crippen LogP contribution in [0.15, 0.2) is 12.3 Å². The number of nitrogens with one attached hydrogen (secondary N) is 1. The second-order valence-corrected chi connectivity index (χ2v) is 4.10. The molecule has 0 aliphatic heterocycles. The molecule has 0 radical (unpaired) electrons. The van der Waals surface area contributed by atoms with E-state index in [4.69, 9.17) is 0 Å². The van der Waals surface area contributed by atoms with Gasteiger partial charge in [-0.25, -0.2) is 0 Å². The highest BCUT2D eigenvalue weighted by Gasteiger charge is 2.33. The van der Waals surface area contributed by atoms with Crippen LogP contribution in [0.4, 0.5) is 13.2 Å². The highest BCUT2D eigenvalue weighted by atomic mass is 19.4. The molecule has 1 aromatic heterocycles. The van der Waals surface area contributed by atoms with Crippen LogP contribution in [0.2, 0.25) is 0 Å². The Labute approximate surface area is 108 Å².